The number of anilines is 1. The van der Waals surface area contributed by atoms with Crippen LogP contribution in [0.2, 0.25) is 0 Å². The number of ether oxygens (including phenoxy) is 2. The number of phenols is 1. The zero-order valence-electron chi connectivity index (χ0n) is 14.9. The number of rotatable bonds is 5. The van der Waals surface area contributed by atoms with Crippen molar-refractivity contribution in [3.63, 3.8) is 0 Å². The van der Waals surface area contributed by atoms with E-state index in [9.17, 15) is 5.11 Å². The molecule has 3 aromatic carbocycles. The van der Waals surface area contributed by atoms with E-state index in [1.165, 1.54) is 0 Å². The van der Waals surface area contributed by atoms with Crippen LogP contribution in [0.4, 0.5) is 5.69 Å². The van der Waals surface area contributed by atoms with Crippen molar-refractivity contribution in [2.45, 2.75) is 0 Å². The van der Waals surface area contributed by atoms with Gasteiger partial charge in [-0.15, -0.1) is 0 Å². The van der Waals surface area contributed by atoms with Crippen LogP contribution in [-0.4, -0.2) is 30.7 Å². The Labute approximate surface area is 162 Å². The first-order valence-electron chi connectivity index (χ1n) is 8.15. The lowest BCUT2D eigenvalue weighted by Crippen LogP contribution is -2.23. The second kappa shape index (κ2) is 8.37. The van der Waals surface area contributed by atoms with E-state index in [-0.39, 0.29) is 5.75 Å². The van der Waals surface area contributed by atoms with Crippen molar-refractivity contribution in [3.05, 3.63) is 60.2 Å². The molecule has 3 N–H and O–H groups in total. The van der Waals surface area contributed by atoms with Crippen molar-refractivity contribution in [1.29, 1.82) is 0 Å². The van der Waals surface area contributed by atoms with E-state index in [2.05, 4.69) is 15.8 Å². The van der Waals surface area contributed by atoms with Crippen molar-refractivity contribution in [2.75, 3.05) is 19.5 Å². The average Bonchev–Trinajstić information content (AvgIpc) is 2.69. The molecule has 0 saturated heterocycles. The summed E-state index contributed by atoms with van der Waals surface area (Å²) in [4.78, 5) is 0. The number of thiocarbonyl (C=S) groups is 1. The van der Waals surface area contributed by atoms with Crippen molar-refractivity contribution < 1.29 is 14.6 Å². The Morgan fingerprint density at radius 3 is 2.59 bits per heavy atom. The van der Waals surface area contributed by atoms with Crippen LogP contribution in [0.1, 0.15) is 5.56 Å². The first-order valence-corrected chi connectivity index (χ1v) is 8.56. The van der Waals surface area contributed by atoms with E-state index < -0.39 is 0 Å². The van der Waals surface area contributed by atoms with Gasteiger partial charge in [-0.1, -0.05) is 30.3 Å². The second-order valence-electron chi connectivity index (χ2n) is 5.61. The predicted octanol–water partition coefficient (Wildman–Crippen LogP) is 3.88. The van der Waals surface area contributed by atoms with Gasteiger partial charge in [-0.2, -0.15) is 5.10 Å². The first-order chi connectivity index (χ1) is 13.1. The van der Waals surface area contributed by atoms with E-state index in [4.69, 9.17) is 21.7 Å². The molecule has 0 heterocycles. The summed E-state index contributed by atoms with van der Waals surface area (Å²) in [6.45, 7) is 0. The summed E-state index contributed by atoms with van der Waals surface area (Å²) in [5, 5.41) is 19.5. The van der Waals surface area contributed by atoms with E-state index in [1.54, 1.807) is 38.6 Å². The van der Waals surface area contributed by atoms with Crippen molar-refractivity contribution in [2.24, 2.45) is 5.10 Å². The van der Waals surface area contributed by atoms with Crippen LogP contribution in [0.5, 0.6) is 17.2 Å². The monoisotopic (exact) mass is 381 g/mol. The number of methoxy groups -OCH3 is 2. The van der Waals surface area contributed by atoms with Gasteiger partial charge in [0.05, 0.1) is 20.4 Å². The molecule has 0 fully saturated rings. The van der Waals surface area contributed by atoms with Crippen LogP contribution in [-0.2, 0) is 0 Å². The molecule has 3 aromatic rings. The predicted molar refractivity (Wildman–Crippen MR) is 112 cm³/mol. The normalized spacial score (nSPS) is 10.7. The summed E-state index contributed by atoms with van der Waals surface area (Å²) in [7, 11) is 3.15. The fourth-order valence-electron chi connectivity index (χ4n) is 2.65. The Kier molecular flexibility index (Phi) is 5.73. The van der Waals surface area contributed by atoms with E-state index >= 15 is 0 Å². The van der Waals surface area contributed by atoms with Crippen LogP contribution in [0.15, 0.2) is 59.7 Å². The van der Waals surface area contributed by atoms with Crippen LogP contribution >= 0.6 is 12.2 Å². The minimum Gasteiger partial charge on any atom is -0.507 e. The summed E-state index contributed by atoms with van der Waals surface area (Å²) in [6, 6.07) is 16.6. The highest BCUT2D eigenvalue weighted by molar-refractivity contribution is 7.80. The number of hydrogen-bond donors (Lipinski definition) is 3. The molecule has 7 heteroatoms. The number of fused-ring (bicyclic) bond motifs is 1. The zero-order valence-corrected chi connectivity index (χ0v) is 15.7. The fourth-order valence-corrected chi connectivity index (χ4v) is 2.82. The average molecular weight is 381 g/mol. The molecule has 138 valence electrons. The molecule has 0 aromatic heterocycles. The maximum Gasteiger partial charge on any atom is 0.191 e. The van der Waals surface area contributed by atoms with Gasteiger partial charge >= 0.3 is 0 Å². The molecule has 0 spiro atoms. The van der Waals surface area contributed by atoms with Gasteiger partial charge in [0.1, 0.15) is 5.75 Å². The Bertz CT molecular complexity index is 1000. The Hall–Kier alpha value is -3.32. The Morgan fingerprint density at radius 2 is 1.81 bits per heavy atom. The van der Waals surface area contributed by atoms with Crippen LogP contribution in [0.3, 0.4) is 0 Å². The number of nitrogens with zero attached hydrogens (tertiary/aromatic N) is 1. The van der Waals surface area contributed by atoms with Crippen molar-refractivity contribution in [1.82, 2.24) is 5.43 Å². The van der Waals surface area contributed by atoms with Gasteiger partial charge in [-0.25, -0.2) is 0 Å². The molecular formula is C20H19N3O3S. The highest BCUT2D eigenvalue weighted by Gasteiger charge is 2.06. The lowest BCUT2D eigenvalue weighted by atomic mass is 10.0. The molecule has 0 amide bonds. The third-order valence-electron chi connectivity index (χ3n) is 3.95. The minimum atomic E-state index is 0.151. The highest BCUT2D eigenvalue weighted by atomic mass is 32.1. The van der Waals surface area contributed by atoms with Gasteiger partial charge in [-0.3, -0.25) is 5.43 Å². The lowest BCUT2D eigenvalue weighted by molar-refractivity contribution is 0.355. The second-order valence-corrected chi connectivity index (χ2v) is 6.02. The van der Waals surface area contributed by atoms with Gasteiger partial charge < -0.3 is 19.9 Å². The zero-order chi connectivity index (χ0) is 19.2. The summed E-state index contributed by atoms with van der Waals surface area (Å²) >= 11 is 5.25. The van der Waals surface area contributed by atoms with E-state index in [1.807, 2.05) is 36.4 Å². The molecule has 0 atom stereocenters. The molecule has 0 saturated carbocycles. The molecule has 0 radical (unpaired) electrons. The van der Waals surface area contributed by atoms with Gasteiger partial charge in [0.15, 0.2) is 16.6 Å². The minimum absolute atomic E-state index is 0.151. The maximum atomic E-state index is 10.1. The SMILES string of the molecule is COc1ccc(NC(=S)N/N=C/c2c(O)ccc3ccccc23)cc1OC. The number of aromatic hydroxyl groups is 1. The van der Waals surface area contributed by atoms with Crippen LogP contribution in [0.25, 0.3) is 10.8 Å². The fraction of sp³-hybridized carbons (Fsp3) is 0.100. The number of phenolic OH excluding ortho intramolecular Hbond substituents is 1. The van der Waals surface area contributed by atoms with Crippen LogP contribution in [0, 0.1) is 0 Å². The molecule has 3 rings (SSSR count). The summed E-state index contributed by atoms with van der Waals surface area (Å²) in [6.07, 6.45) is 1.54. The molecule has 0 aliphatic carbocycles. The maximum absolute atomic E-state index is 10.1. The highest BCUT2D eigenvalue weighted by Crippen LogP contribution is 2.29. The number of hydrogen-bond acceptors (Lipinski definition) is 5. The van der Waals surface area contributed by atoms with Crippen molar-refractivity contribution >= 4 is 40.0 Å². The quantitative estimate of drug-likeness (QED) is 0.354. The number of benzene rings is 3. The molecular weight excluding hydrogens is 362 g/mol. The summed E-state index contributed by atoms with van der Waals surface area (Å²) in [5.41, 5.74) is 4.09. The third-order valence-corrected chi connectivity index (χ3v) is 4.14. The Balaban J connectivity index is 1.70. The van der Waals surface area contributed by atoms with Gasteiger partial charge in [0.2, 0.25) is 0 Å². The topological polar surface area (TPSA) is 75.1 Å². The van der Waals surface area contributed by atoms with Gasteiger partial charge in [-0.05, 0) is 41.2 Å². The largest absolute Gasteiger partial charge is 0.507 e. The standard InChI is InChI=1S/C20H19N3O3S/c1-25-18-10-8-14(11-19(18)26-2)22-20(27)23-21-12-16-15-6-4-3-5-13(15)7-9-17(16)24/h3-12,24H,1-2H3,(H2,22,23,27)/b21-12+. The summed E-state index contributed by atoms with van der Waals surface area (Å²) in [5.74, 6) is 1.37. The van der Waals surface area contributed by atoms with E-state index in [0.29, 0.717) is 22.2 Å². The lowest BCUT2D eigenvalue weighted by Gasteiger charge is -2.11. The third kappa shape index (κ3) is 4.27. The number of hydrazone groups is 1. The smallest absolute Gasteiger partial charge is 0.191 e. The summed E-state index contributed by atoms with van der Waals surface area (Å²) < 4.78 is 10.5. The molecule has 27 heavy (non-hydrogen) atoms. The molecule has 0 aliphatic heterocycles. The van der Waals surface area contributed by atoms with Crippen molar-refractivity contribution in [3.8, 4) is 17.2 Å². The van der Waals surface area contributed by atoms with Crippen LogP contribution < -0.4 is 20.2 Å². The number of nitrogens with one attached hydrogen (secondary N) is 2. The molecule has 0 bridgehead atoms. The van der Waals surface area contributed by atoms with E-state index in [0.717, 1.165) is 16.5 Å². The molecule has 6 nitrogen and oxygen atoms in total. The van der Waals surface area contributed by atoms with Gasteiger partial charge in [0, 0.05) is 17.3 Å². The molecule has 0 unspecified atom stereocenters. The van der Waals surface area contributed by atoms with Gasteiger partial charge in [0.25, 0.3) is 0 Å². The first kappa shape index (κ1) is 18.5. The Morgan fingerprint density at radius 1 is 1.04 bits per heavy atom. The molecule has 0 aliphatic rings.